The molecular formula is C13H9ClIN3O2S2. The van der Waals surface area contributed by atoms with Crippen LogP contribution in [0.3, 0.4) is 0 Å². The van der Waals surface area contributed by atoms with Crippen molar-refractivity contribution in [3.63, 3.8) is 0 Å². The second-order valence-electron chi connectivity index (χ2n) is 4.18. The number of rotatable bonds is 4. The molecule has 0 atom stereocenters. The molecule has 0 fully saturated rings. The molecule has 3 aromatic heterocycles. The molecule has 114 valence electrons. The quantitative estimate of drug-likeness (QED) is 0.408. The summed E-state index contributed by atoms with van der Waals surface area (Å²) in [4.78, 5) is 20.9. The number of aromatic nitrogens is 3. The summed E-state index contributed by atoms with van der Waals surface area (Å²) in [6, 6.07) is 1.92. The van der Waals surface area contributed by atoms with Crippen LogP contribution in [0.25, 0.3) is 21.6 Å². The molecule has 0 radical (unpaired) electrons. The van der Waals surface area contributed by atoms with Crippen molar-refractivity contribution in [1.29, 1.82) is 0 Å². The van der Waals surface area contributed by atoms with E-state index < -0.39 is 0 Å². The molecule has 0 aliphatic heterocycles. The van der Waals surface area contributed by atoms with E-state index in [4.69, 9.17) is 16.3 Å². The van der Waals surface area contributed by atoms with E-state index in [9.17, 15) is 4.79 Å². The summed E-state index contributed by atoms with van der Waals surface area (Å²) in [5.41, 5.74) is 1.52. The first kappa shape index (κ1) is 16.0. The minimum absolute atomic E-state index is 0.335. The van der Waals surface area contributed by atoms with Crippen LogP contribution in [0.2, 0.25) is 5.02 Å². The highest BCUT2D eigenvalue weighted by Gasteiger charge is 2.17. The first-order valence-electron chi connectivity index (χ1n) is 6.23. The number of fused-ring (bicyclic) bond motifs is 1. The minimum atomic E-state index is -0.371. The van der Waals surface area contributed by atoms with E-state index in [2.05, 4.69) is 31.2 Å². The Hall–Kier alpha value is -0.840. The van der Waals surface area contributed by atoms with Crippen molar-refractivity contribution in [2.24, 2.45) is 0 Å². The van der Waals surface area contributed by atoms with Crippen molar-refractivity contribution < 1.29 is 9.53 Å². The van der Waals surface area contributed by atoms with Gasteiger partial charge in [-0.15, -0.1) is 11.3 Å². The van der Waals surface area contributed by atoms with Crippen molar-refractivity contribution in [2.75, 3.05) is 6.61 Å². The lowest BCUT2D eigenvalue weighted by Crippen LogP contribution is -2.01. The summed E-state index contributed by atoms with van der Waals surface area (Å²) in [5.74, 6) is -0.371. The van der Waals surface area contributed by atoms with Crippen molar-refractivity contribution in [2.45, 2.75) is 6.92 Å². The Morgan fingerprint density at radius 2 is 2.32 bits per heavy atom. The zero-order valence-corrected chi connectivity index (χ0v) is 15.8. The summed E-state index contributed by atoms with van der Waals surface area (Å²) in [6.45, 7) is 2.10. The van der Waals surface area contributed by atoms with Gasteiger partial charge < -0.3 is 4.74 Å². The van der Waals surface area contributed by atoms with E-state index in [0.717, 1.165) is 11.0 Å². The van der Waals surface area contributed by atoms with Crippen molar-refractivity contribution in [3.8, 4) is 10.6 Å². The van der Waals surface area contributed by atoms with Gasteiger partial charge in [-0.05, 0) is 13.0 Å². The number of hydrogen-bond acceptors (Lipinski definition) is 6. The zero-order valence-electron chi connectivity index (χ0n) is 11.2. The van der Waals surface area contributed by atoms with Gasteiger partial charge in [0.15, 0.2) is 5.65 Å². The molecule has 0 bridgehead atoms. The van der Waals surface area contributed by atoms with Gasteiger partial charge in [0.25, 0.3) is 0 Å². The smallest absolute Gasteiger partial charge is 0.349 e. The van der Waals surface area contributed by atoms with Crippen LogP contribution in [0.5, 0.6) is 0 Å². The zero-order chi connectivity index (χ0) is 15.7. The highest BCUT2D eigenvalue weighted by atomic mass is 127. The predicted octanol–water partition coefficient (Wildman–Crippen LogP) is 4.84. The van der Waals surface area contributed by atoms with E-state index in [1.54, 1.807) is 13.1 Å². The lowest BCUT2D eigenvalue weighted by atomic mass is 10.2. The van der Waals surface area contributed by atoms with Crippen LogP contribution in [-0.2, 0) is 4.74 Å². The van der Waals surface area contributed by atoms with Crippen molar-refractivity contribution >= 4 is 70.3 Å². The van der Waals surface area contributed by atoms with Gasteiger partial charge in [-0.2, -0.15) is 0 Å². The monoisotopic (exact) mass is 465 g/mol. The number of ether oxygens (including phenoxy) is 1. The largest absolute Gasteiger partial charge is 0.462 e. The fourth-order valence-corrected chi connectivity index (χ4v) is 4.37. The van der Waals surface area contributed by atoms with Crippen LogP contribution in [0.4, 0.5) is 0 Å². The number of halogens is 2. The lowest BCUT2D eigenvalue weighted by Gasteiger charge is -2.03. The van der Waals surface area contributed by atoms with Gasteiger partial charge in [0, 0.05) is 53.7 Å². The Balaban J connectivity index is 2.03. The fraction of sp³-hybridized carbons (Fsp3) is 0.154. The maximum absolute atomic E-state index is 11.7. The topological polar surface area (TPSA) is 57.0 Å². The summed E-state index contributed by atoms with van der Waals surface area (Å²) in [6.07, 6.45) is 5.10. The van der Waals surface area contributed by atoms with E-state index in [-0.39, 0.29) is 5.97 Å². The molecule has 0 aliphatic rings. The van der Waals surface area contributed by atoms with Crippen LogP contribution in [-0.4, -0.2) is 26.5 Å². The average molecular weight is 466 g/mol. The Kier molecular flexibility index (Phi) is 4.91. The molecule has 3 rings (SSSR count). The molecule has 9 heteroatoms. The average Bonchev–Trinajstić information content (AvgIpc) is 3.14. The maximum Gasteiger partial charge on any atom is 0.349 e. The van der Waals surface area contributed by atoms with Crippen LogP contribution >= 0.6 is 53.3 Å². The van der Waals surface area contributed by atoms with Crippen LogP contribution in [0, 0.1) is 0 Å². The Morgan fingerprint density at radius 3 is 3.05 bits per heavy atom. The molecule has 0 saturated heterocycles. The van der Waals surface area contributed by atoms with E-state index in [1.165, 1.54) is 26.7 Å². The van der Waals surface area contributed by atoms with Crippen LogP contribution < -0.4 is 0 Å². The van der Waals surface area contributed by atoms with Gasteiger partial charge in [-0.1, -0.05) is 11.6 Å². The molecule has 0 N–H and O–H groups in total. The fourth-order valence-electron chi connectivity index (χ4n) is 1.93. The number of carbonyl (C=O) groups is 1. The van der Waals surface area contributed by atoms with Gasteiger partial charge in [-0.25, -0.2) is 14.8 Å². The van der Waals surface area contributed by atoms with Crippen LogP contribution in [0.1, 0.15) is 16.6 Å². The molecule has 0 aliphatic carbocycles. The molecule has 5 nitrogen and oxygen atoms in total. The van der Waals surface area contributed by atoms with E-state index in [0.29, 0.717) is 27.1 Å². The number of hydrogen-bond donors (Lipinski definition) is 0. The number of carbonyl (C=O) groups excluding carboxylic acids is 1. The third-order valence-electron chi connectivity index (χ3n) is 2.90. The maximum atomic E-state index is 11.7. The Bertz CT molecular complexity index is 849. The predicted molar refractivity (Wildman–Crippen MR) is 98.8 cm³/mol. The van der Waals surface area contributed by atoms with Crippen molar-refractivity contribution in [3.05, 3.63) is 34.6 Å². The van der Waals surface area contributed by atoms with Gasteiger partial charge in [0.2, 0.25) is 0 Å². The number of pyridine rings is 1. The standard InChI is InChI=1S/C13H9ClIN3O2S2/c1-2-20-13(19)9-6-17-12(21-9)8-5-16-11-7(10(8)14)3-4-18(11)22-15/h3-6H,2H2,1H3. The Morgan fingerprint density at radius 1 is 1.50 bits per heavy atom. The second kappa shape index (κ2) is 6.73. The number of thiazole rings is 1. The van der Waals surface area contributed by atoms with Gasteiger partial charge in [0.1, 0.15) is 9.88 Å². The van der Waals surface area contributed by atoms with Gasteiger partial charge in [-0.3, -0.25) is 3.97 Å². The highest BCUT2D eigenvalue weighted by Crippen LogP contribution is 2.37. The summed E-state index contributed by atoms with van der Waals surface area (Å²) in [7, 11) is 1.52. The summed E-state index contributed by atoms with van der Waals surface area (Å²) in [5, 5.41) is 2.09. The first-order chi connectivity index (χ1) is 10.7. The van der Waals surface area contributed by atoms with Crippen LogP contribution in [0.15, 0.2) is 24.7 Å². The summed E-state index contributed by atoms with van der Waals surface area (Å²) < 4.78 is 6.90. The van der Waals surface area contributed by atoms with E-state index >= 15 is 0 Å². The molecular weight excluding hydrogens is 457 g/mol. The minimum Gasteiger partial charge on any atom is -0.462 e. The second-order valence-corrected chi connectivity index (χ2v) is 7.31. The van der Waals surface area contributed by atoms with Gasteiger partial charge >= 0.3 is 5.97 Å². The molecule has 0 spiro atoms. The normalized spacial score (nSPS) is 11.0. The molecule has 3 aromatic rings. The molecule has 0 amide bonds. The lowest BCUT2D eigenvalue weighted by molar-refractivity contribution is 0.0532. The SMILES string of the molecule is CCOC(=O)c1cnc(-c2cnc3c(ccn3SI)c2Cl)s1. The third kappa shape index (κ3) is 2.84. The third-order valence-corrected chi connectivity index (χ3v) is 6.04. The number of nitrogens with zero attached hydrogens (tertiary/aromatic N) is 3. The Labute approximate surface area is 151 Å². The number of esters is 1. The molecule has 3 heterocycles. The molecule has 22 heavy (non-hydrogen) atoms. The summed E-state index contributed by atoms with van der Waals surface area (Å²) >= 11 is 9.91. The highest BCUT2D eigenvalue weighted by molar-refractivity contribution is 14.2. The van der Waals surface area contributed by atoms with Gasteiger partial charge in [0.05, 0.1) is 17.8 Å². The first-order valence-corrected chi connectivity index (χ1v) is 10.7. The molecule has 0 aromatic carbocycles. The molecule has 0 unspecified atom stereocenters. The molecule has 0 saturated carbocycles. The van der Waals surface area contributed by atoms with Crippen molar-refractivity contribution in [1.82, 2.24) is 13.9 Å². The van der Waals surface area contributed by atoms with E-state index in [1.807, 2.05) is 16.2 Å².